The highest BCUT2D eigenvalue weighted by Gasteiger charge is 1.87. The highest BCUT2D eigenvalue weighted by atomic mass is 79.9. The molecule has 1 aromatic rings. The Labute approximate surface area is 56.6 Å². The monoisotopic (exact) mass is 174 g/mol. The summed E-state index contributed by atoms with van der Waals surface area (Å²) in [6, 6.07) is 1.92. The maximum Gasteiger partial charge on any atom is 0.128 e. The Kier molecular flexibility index (Phi) is 1.68. The van der Waals surface area contributed by atoms with Crippen molar-refractivity contribution >= 4 is 15.9 Å². The molecule has 0 N–H and O–H groups in total. The summed E-state index contributed by atoms with van der Waals surface area (Å²) in [5.41, 5.74) is 0. The fourth-order valence-electron chi connectivity index (χ4n) is 0.513. The van der Waals surface area contributed by atoms with Gasteiger partial charge in [0.05, 0.1) is 0 Å². The number of hydrogen-bond donors (Lipinski definition) is 0. The highest BCUT2D eigenvalue weighted by molar-refractivity contribution is 9.10. The Balaban J connectivity index is 2.84. The second-order valence-electron chi connectivity index (χ2n) is 1.49. The summed E-state index contributed by atoms with van der Waals surface area (Å²) >= 11 is 3.24. The third-order valence-electron chi connectivity index (χ3n) is 0.932. The number of hydrogen-bond acceptors (Lipinski definition) is 1. The van der Waals surface area contributed by atoms with E-state index in [0.717, 1.165) is 11.1 Å². The molecule has 0 unspecified atom stereocenters. The molecule has 0 radical (unpaired) electrons. The van der Waals surface area contributed by atoms with Gasteiger partial charge in [-0.3, -0.25) is 4.68 Å². The molecule has 0 saturated heterocycles. The molecule has 0 bridgehead atoms. The van der Waals surface area contributed by atoms with Crippen LogP contribution in [-0.2, 0) is 6.54 Å². The first-order chi connectivity index (χ1) is 3.83. The van der Waals surface area contributed by atoms with Gasteiger partial charge in [0.25, 0.3) is 0 Å². The van der Waals surface area contributed by atoms with Crippen molar-refractivity contribution in [2.45, 2.75) is 13.5 Å². The maximum absolute atomic E-state index is 4.06. The first-order valence-corrected chi connectivity index (χ1v) is 3.31. The molecule has 0 aromatic carbocycles. The van der Waals surface area contributed by atoms with Crippen molar-refractivity contribution in [3.63, 3.8) is 0 Å². The van der Waals surface area contributed by atoms with Crippen LogP contribution in [0.1, 0.15) is 6.92 Å². The zero-order valence-electron chi connectivity index (χ0n) is 4.63. The van der Waals surface area contributed by atoms with E-state index < -0.39 is 0 Å². The summed E-state index contributed by atoms with van der Waals surface area (Å²) in [7, 11) is 0. The van der Waals surface area contributed by atoms with Crippen molar-refractivity contribution in [3.8, 4) is 0 Å². The molecule has 1 aromatic heterocycles. The van der Waals surface area contributed by atoms with E-state index in [-0.39, 0.29) is 0 Å². The van der Waals surface area contributed by atoms with Gasteiger partial charge in [0.1, 0.15) is 4.60 Å². The van der Waals surface area contributed by atoms with Gasteiger partial charge in [-0.15, -0.1) is 0 Å². The van der Waals surface area contributed by atoms with Gasteiger partial charge in [-0.25, -0.2) is 0 Å². The molecule has 2 nitrogen and oxygen atoms in total. The number of aromatic nitrogens is 2. The second-order valence-corrected chi connectivity index (χ2v) is 2.31. The van der Waals surface area contributed by atoms with E-state index in [4.69, 9.17) is 0 Å². The predicted molar refractivity (Wildman–Crippen MR) is 35.6 cm³/mol. The van der Waals surface area contributed by atoms with Crippen molar-refractivity contribution in [1.82, 2.24) is 9.78 Å². The van der Waals surface area contributed by atoms with Gasteiger partial charge in [-0.1, -0.05) is 0 Å². The largest absolute Gasteiger partial charge is 0.272 e. The van der Waals surface area contributed by atoms with Crippen LogP contribution < -0.4 is 0 Å². The fraction of sp³-hybridized carbons (Fsp3) is 0.400. The summed E-state index contributed by atoms with van der Waals surface area (Å²) < 4.78 is 2.77. The predicted octanol–water partition coefficient (Wildman–Crippen LogP) is 1.67. The number of nitrogens with zero attached hydrogens (tertiary/aromatic N) is 2. The van der Waals surface area contributed by atoms with Crippen LogP contribution in [-0.4, -0.2) is 9.78 Å². The molecule has 3 heteroatoms. The maximum atomic E-state index is 4.06. The molecule has 0 atom stereocenters. The quantitative estimate of drug-likeness (QED) is 0.634. The Hall–Kier alpha value is -0.310. The molecular formula is C5H7BrN2. The second kappa shape index (κ2) is 2.31. The van der Waals surface area contributed by atoms with Gasteiger partial charge in [0.15, 0.2) is 0 Å². The van der Waals surface area contributed by atoms with Crippen molar-refractivity contribution in [2.24, 2.45) is 0 Å². The smallest absolute Gasteiger partial charge is 0.128 e. The molecule has 0 spiro atoms. The highest BCUT2D eigenvalue weighted by Crippen LogP contribution is 2.02. The molecule has 44 valence electrons. The molecule has 0 aliphatic carbocycles. The number of rotatable bonds is 1. The van der Waals surface area contributed by atoms with E-state index in [9.17, 15) is 0 Å². The zero-order chi connectivity index (χ0) is 5.98. The van der Waals surface area contributed by atoms with Crippen molar-refractivity contribution in [1.29, 1.82) is 0 Å². The van der Waals surface area contributed by atoms with Crippen LogP contribution >= 0.6 is 15.9 Å². The van der Waals surface area contributed by atoms with Gasteiger partial charge in [-0.05, 0) is 28.9 Å². The third-order valence-corrected chi connectivity index (χ3v) is 1.36. The summed E-state index contributed by atoms with van der Waals surface area (Å²) in [5.74, 6) is 0. The molecule has 1 rings (SSSR count). The normalized spacial score (nSPS) is 9.75. The van der Waals surface area contributed by atoms with E-state index in [1.165, 1.54) is 0 Å². The topological polar surface area (TPSA) is 17.8 Å². The van der Waals surface area contributed by atoms with Crippen LogP contribution in [0.15, 0.2) is 16.9 Å². The van der Waals surface area contributed by atoms with E-state index in [2.05, 4.69) is 28.0 Å². The Morgan fingerprint density at radius 2 is 2.62 bits per heavy atom. The number of halogens is 1. The van der Waals surface area contributed by atoms with Crippen LogP contribution in [0.5, 0.6) is 0 Å². The third kappa shape index (κ3) is 1.10. The van der Waals surface area contributed by atoms with Gasteiger partial charge in [0, 0.05) is 12.7 Å². The lowest BCUT2D eigenvalue weighted by Crippen LogP contribution is -1.92. The van der Waals surface area contributed by atoms with Crippen molar-refractivity contribution in [2.75, 3.05) is 0 Å². The number of aryl methyl sites for hydroxylation is 1. The molecule has 0 aliphatic heterocycles. The van der Waals surface area contributed by atoms with Crippen LogP contribution in [0.4, 0.5) is 0 Å². The SMILES string of the molecule is CCn1ccc(Br)n1. The van der Waals surface area contributed by atoms with E-state index >= 15 is 0 Å². The van der Waals surface area contributed by atoms with Crippen molar-refractivity contribution in [3.05, 3.63) is 16.9 Å². The van der Waals surface area contributed by atoms with Crippen LogP contribution in [0.3, 0.4) is 0 Å². The van der Waals surface area contributed by atoms with Gasteiger partial charge in [0.2, 0.25) is 0 Å². The lowest BCUT2D eigenvalue weighted by Gasteiger charge is -1.88. The summed E-state index contributed by atoms with van der Waals surface area (Å²) in [6.45, 7) is 2.99. The molecule has 0 saturated carbocycles. The minimum Gasteiger partial charge on any atom is -0.272 e. The molecule has 1 heterocycles. The Bertz CT molecular complexity index is 171. The minimum absolute atomic E-state index is 0.902. The average Bonchev–Trinajstić information content (AvgIpc) is 2.14. The van der Waals surface area contributed by atoms with Gasteiger partial charge >= 0.3 is 0 Å². The van der Waals surface area contributed by atoms with Crippen LogP contribution in [0, 0.1) is 0 Å². The summed E-state index contributed by atoms with van der Waals surface area (Å²) in [4.78, 5) is 0. The van der Waals surface area contributed by atoms with E-state index in [1.807, 2.05) is 16.9 Å². The van der Waals surface area contributed by atoms with Crippen LogP contribution in [0.2, 0.25) is 0 Å². The average molecular weight is 175 g/mol. The van der Waals surface area contributed by atoms with Gasteiger partial charge in [-0.2, -0.15) is 5.10 Å². The molecule has 0 aliphatic rings. The van der Waals surface area contributed by atoms with Crippen LogP contribution in [0.25, 0.3) is 0 Å². The summed E-state index contributed by atoms with van der Waals surface area (Å²) in [5, 5.41) is 4.06. The first-order valence-electron chi connectivity index (χ1n) is 2.52. The lowest BCUT2D eigenvalue weighted by atomic mass is 10.7. The molecule has 0 fully saturated rings. The summed E-state index contributed by atoms with van der Waals surface area (Å²) in [6.07, 6.45) is 1.93. The van der Waals surface area contributed by atoms with Gasteiger partial charge < -0.3 is 0 Å². The molecule has 8 heavy (non-hydrogen) atoms. The molecule has 0 amide bonds. The van der Waals surface area contributed by atoms with E-state index in [0.29, 0.717) is 0 Å². The Morgan fingerprint density at radius 1 is 1.88 bits per heavy atom. The minimum atomic E-state index is 0.902. The zero-order valence-corrected chi connectivity index (χ0v) is 6.22. The lowest BCUT2D eigenvalue weighted by molar-refractivity contribution is 0.655. The van der Waals surface area contributed by atoms with E-state index in [1.54, 1.807) is 0 Å². The first kappa shape index (κ1) is 5.82. The molecular weight excluding hydrogens is 168 g/mol. The fourth-order valence-corrected chi connectivity index (χ4v) is 0.835. The Morgan fingerprint density at radius 3 is 2.88 bits per heavy atom. The van der Waals surface area contributed by atoms with Crippen molar-refractivity contribution < 1.29 is 0 Å². The standard InChI is InChI=1S/C5H7BrN2/c1-2-8-4-3-5(6)7-8/h3-4H,2H2,1H3.